The highest BCUT2D eigenvalue weighted by molar-refractivity contribution is 9.10. The Bertz CT molecular complexity index is 1050. The Balaban J connectivity index is 1.95. The van der Waals surface area contributed by atoms with E-state index in [4.69, 9.17) is 9.47 Å². The number of methoxy groups -OCH3 is 2. The number of rotatable bonds is 6. The van der Waals surface area contributed by atoms with Crippen molar-refractivity contribution in [2.75, 3.05) is 14.2 Å². The van der Waals surface area contributed by atoms with Gasteiger partial charge in [0.05, 0.1) is 20.0 Å². The van der Waals surface area contributed by atoms with Crippen LogP contribution >= 0.6 is 15.9 Å². The molecule has 0 saturated heterocycles. The second kappa shape index (κ2) is 8.10. The molecule has 0 bridgehead atoms. The topological polar surface area (TPSA) is 65.5 Å². The summed E-state index contributed by atoms with van der Waals surface area (Å²) in [5.41, 5.74) is 2.41. The van der Waals surface area contributed by atoms with Crippen molar-refractivity contribution in [3.05, 3.63) is 71.0 Å². The SMILES string of the molecule is COc1ccc(OC)c(S(=O)(=O)Cc2cncc(-c3ccc(Br)cc3)c2)c1. The summed E-state index contributed by atoms with van der Waals surface area (Å²) in [4.78, 5) is 4.30. The van der Waals surface area contributed by atoms with Crippen LogP contribution in [-0.2, 0) is 15.6 Å². The molecule has 2 aromatic carbocycles. The standard InChI is InChI=1S/C20H18BrNO4S/c1-25-18-7-8-19(26-2)20(10-18)27(23,24)13-14-9-16(12-22-11-14)15-3-5-17(21)6-4-15/h3-12H,13H2,1-2H3. The van der Waals surface area contributed by atoms with E-state index in [1.807, 2.05) is 30.3 Å². The number of hydrogen-bond acceptors (Lipinski definition) is 5. The second-order valence-electron chi connectivity index (χ2n) is 5.86. The van der Waals surface area contributed by atoms with Crippen LogP contribution in [0.3, 0.4) is 0 Å². The van der Waals surface area contributed by atoms with E-state index in [1.165, 1.54) is 20.3 Å². The van der Waals surface area contributed by atoms with Crippen LogP contribution in [0.4, 0.5) is 0 Å². The van der Waals surface area contributed by atoms with Gasteiger partial charge in [-0.05, 0) is 41.5 Å². The van der Waals surface area contributed by atoms with Gasteiger partial charge in [0.1, 0.15) is 16.4 Å². The third-order valence-electron chi connectivity index (χ3n) is 4.03. The molecule has 0 amide bonds. The molecule has 0 aliphatic rings. The second-order valence-corrected chi connectivity index (χ2v) is 8.74. The fourth-order valence-electron chi connectivity index (χ4n) is 2.69. The first-order valence-electron chi connectivity index (χ1n) is 8.07. The van der Waals surface area contributed by atoms with Crippen molar-refractivity contribution in [1.29, 1.82) is 0 Å². The molecule has 3 rings (SSSR count). The van der Waals surface area contributed by atoms with Crippen molar-refractivity contribution in [1.82, 2.24) is 4.98 Å². The maximum absolute atomic E-state index is 13.0. The van der Waals surface area contributed by atoms with Crippen LogP contribution in [0.25, 0.3) is 11.1 Å². The highest BCUT2D eigenvalue weighted by Gasteiger charge is 2.21. The van der Waals surface area contributed by atoms with Gasteiger partial charge in [-0.3, -0.25) is 4.98 Å². The fourth-order valence-corrected chi connectivity index (χ4v) is 4.46. The van der Waals surface area contributed by atoms with E-state index < -0.39 is 9.84 Å². The average molecular weight is 448 g/mol. The summed E-state index contributed by atoms with van der Waals surface area (Å²) in [6, 6.07) is 14.3. The Hall–Kier alpha value is -2.38. The molecular weight excluding hydrogens is 430 g/mol. The van der Waals surface area contributed by atoms with Crippen molar-refractivity contribution >= 4 is 25.8 Å². The molecule has 0 aliphatic carbocycles. The highest BCUT2D eigenvalue weighted by Crippen LogP contribution is 2.31. The number of hydrogen-bond donors (Lipinski definition) is 0. The number of aromatic nitrogens is 1. The van der Waals surface area contributed by atoms with Crippen molar-refractivity contribution in [3.8, 4) is 22.6 Å². The van der Waals surface area contributed by atoms with Crippen LogP contribution in [-0.4, -0.2) is 27.6 Å². The van der Waals surface area contributed by atoms with Gasteiger partial charge in [0.2, 0.25) is 0 Å². The number of benzene rings is 2. The fraction of sp³-hybridized carbons (Fsp3) is 0.150. The van der Waals surface area contributed by atoms with Gasteiger partial charge in [-0.25, -0.2) is 8.42 Å². The van der Waals surface area contributed by atoms with Gasteiger partial charge in [-0.2, -0.15) is 0 Å². The minimum atomic E-state index is -3.65. The summed E-state index contributed by atoms with van der Waals surface area (Å²) in [5.74, 6) is 0.553. The summed E-state index contributed by atoms with van der Waals surface area (Å²) < 4.78 is 37.3. The lowest BCUT2D eigenvalue weighted by Crippen LogP contribution is -2.07. The predicted molar refractivity (Wildman–Crippen MR) is 108 cm³/mol. The van der Waals surface area contributed by atoms with Crippen LogP contribution in [0.2, 0.25) is 0 Å². The molecule has 7 heteroatoms. The molecule has 0 N–H and O–H groups in total. The van der Waals surface area contributed by atoms with E-state index in [-0.39, 0.29) is 16.4 Å². The van der Waals surface area contributed by atoms with E-state index in [2.05, 4.69) is 20.9 Å². The number of pyridine rings is 1. The Morgan fingerprint density at radius 2 is 1.67 bits per heavy atom. The first-order chi connectivity index (χ1) is 12.9. The lowest BCUT2D eigenvalue weighted by atomic mass is 10.1. The summed E-state index contributed by atoms with van der Waals surface area (Å²) >= 11 is 3.41. The number of sulfone groups is 1. The molecule has 3 aromatic rings. The smallest absolute Gasteiger partial charge is 0.186 e. The van der Waals surface area contributed by atoms with Crippen molar-refractivity contribution in [2.24, 2.45) is 0 Å². The molecule has 0 spiro atoms. The molecule has 1 aromatic heterocycles. The van der Waals surface area contributed by atoms with E-state index in [9.17, 15) is 8.42 Å². The maximum Gasteiger partial charge on any atom is 0.186 e. The maximum atomic E-state index is 13.0. The molecule has 0 saturated carbocycles. The summed E-state index contributed by atoms with van der Waals surface area (Å²) in [6.07, 6.45) is 3.28. The summed E-state index contributed by atoms with van der Waals surface area (Å²) in [5, 5.41) is 0. The van der Waals surface area contributed by atoms with Crippen LogP contribution in [0, 0.1) is 0 Å². The van der Waals surface area contributed by atoms with Crippen molar-refractivity contribution < 1.29 is 17.9 Å². The highest BCUT2D eigenvalue weighted by atomic mass is 79.9. The largest absolute Gasteiger partial charge is 0.497 e. The third kappa shape index (κ3) is 4.48. The molecule has 0 atom stereocenters. The zero-order chi connectivity index (χ0) is 19.4. The van der Waals surface area contributed by atoms with Gasteiger partial charge in [0.15, 0.2) is 9.84 Å². The number of nitrogens with zero attached hydrogens (tertiary/aromatic N) is 1. The molecule has 27 heavy (non-hydrogen) atoms. The van der Waals surface area contributed by atoms with Crippen LogP contribution in [0.5, 0.6) is 11.5 Å². The zero-order valence-corrected chi connectivity index (χ0v) is 17.2. The molecular formula is C20H18BrNO4S. The predicted octanol–water partition coefficient (Wildman–Crippen LogP) is 4.50. The summed E-state index contributed by atoms with van der Waals surface area (Å²) in [7, 11) is -0.716. The number of ether oxygens (including phenoxy) is 2. The van der Waals surface area contributed by atoms with Gasteiger partial charge < -0.3 is 9.47 Å². The molecule has 140 valence electrons. The first kappa shape index (κ1) is 19.4. The first-order valence-corrected chi connectivity index (χ1v) is 10.5. The van der Waals surface area contributed by atoms with Crippen LogP contribution < -0.4 is 9.47 Å². The Kier molecular flexibility index (Phi) is 5.82. The van der Waals surface area contributed by atoms with Gasteiger partial charge in [-0.1, -0.05) is 28.1 Å². The van der Waals surface area contributed by atoms with Crippen LogP contribution in [0.15, 0.2) is 70.3 Å². The van der Waals surface area contributed by atoms with E-state index >= 15 is 0 Å². The minimum absolute atomic E-state index is 0.0957. The lowest BCUT2D eigenvalue weighted by molar-refractivity contribution is 0.392. The third-order valence-corrected chi connectivity index (χ3v) is 6.27. The van der Waals surface area contributed by atoms with Gasteiger partial charge in [-0.15, -0.1) is 0 Å². The molecule has 0 radical (unpaired) electrons. The van der Waals surface area contributed by atoms with Crippen LogP contribution in [0.1, 0.15) is 5.56 Å². The van der Waals surface area contributed by atoms with E-state index in [1.54, 1.807) is 24.5 Å². The lowest BCUT2D eigenvalue weighted by Gasteiger charge is -2.12. The van der Waals surface area contributed by atoms with Gasteiger partial charge in [0.25, 0.3) is 0 Å². The van der Waals surface area contributed by atoms with Crippen molar-refractivity contribution in [2.45, 2.75) is 10.6 Å². The Morgan fingerprint density at radius 3 is 2.33 bits per heavy atom. The van der Waals surface area contributed by atoms with E-state index in [0.717, 1.165) is 15.6 Å². The van der Waals surface area contributed by atoms with Gasteiger partial charge >= 0.3 is 0 Å². The van der Waals surface area contributed by atoms with E-state index in [0.29, 0.717) is 11.3 Å². The average Bonchev–Trinajstić information content (AvgIpc) is 2.68. The normalized spacial score (nSPS) is 11.2. The molecule has 0 aliphatic heterocycles. The zero-order valence-electron chi connectivity index (χ0n) is 14.8. The Labute approximate surface area is 167 Å². The molecule has 0 fully saturated rings. The molecule has 5 nitrogen and oxygen atoms in total. The molecule has 0 unspecified atom stereocenters. The molecule has 1 heterocycles. The quantitative estimate of drug-likeness (QED) is 0.556. The van der Waals surface area contributed by atoms with Gasteiger partial charge in [0, 0.05) is 28.5 Å². The van der Waals surface area contributed by atoms with Crippen molar-refractivity contribution in [3.63, 3.8) is 0 Å². The number of halogens is 1. The Morgan fingerprint density at radius 1 is 0.926 bits per heavy atom. The monoisotopic (exact) mass is 447 g/mol. The minimum Gasteiger partial charge on any atom is -0.497 e. The summed E-state index contributed by atoms with van der Waals surface area (Å²) in [6.45, 7) is 0.